The molecule has 50 valence electrons. The maximum atomic E-state index is 7.97. The predicted molar refractivity (Wildman–Crippen MR) is 38.2 cm³/mol. The van der Waals surface area contributed by atoms with E-state index >= 15 is 0 Å². The highest BCUT2D eigenvalue weighted by Gasteiger charge is 1.80. The number of unbranched alkanes of at least 4 members (excludes halogenated alkanes) is 3. The molecule has 0 aromatic rings. The first-order chi connectivity index (χ1) is 4.41. The molecule has 0 N–H and O–H groups in total. The van der Waals surface area contributed by atoms with Crippen LogP contribution in [-0.2, 0) is 0 Å². The van der Waals surface area contributed by atoms with E-state index in [9.17, 15) is 0 Å². The minimum absolute atomic E-state index is 0.946. The number of aliphatic imine (C=N–C) groups is 1. The summed E-state index contributed by atoms with van der Waals surface area (Å²) in [5, 5.41) is 7.97. The summed E-state index contributed by atoms with van der Waals surface area (Å²) in [5.74, 6) is 0. The van der Waals surface area contributed by atoms with Crippen LogP contribution in [0.2, 0.25) is 0 Å². The Balaban J connectivity index is 2.93. The van der Waals surface area contributed by atoms with Gasteiger partial charge >= 0.3 is 0 Å². The van der Waals surface area contributed by atoms with E-state index in [1.165, 1.54) is 12.8 Å². The van der Waals surface area contributed by atoms with Gasteiger partial charge in [-0.15, -0.1) is 0 Å². The molecule has 0 aliphatic carbocycles. The van der Waals surface area contributed by atoms with Crippen molar-refractivity contribution in [2.45, 2.75) is 32.6 Å². The standard InChI is InChI=1S/C7H12N2/c1-2-3-4-5-6-9-7-8/h6H,2-5H2,1H3. The van der Waals surface area contributed by atoms with Crippen LogP contribution in [0.1, 0.15) is 32.6 Å². The molecule has 0 bridgehead atoms. The Labute approximate surface area is 56.2 Å². The molecule has 0 heterocycles. The Bertz CT molecular complexity index is 111. The van der Waals surface area contributed by atoms with Crippen LogP contribution in [-0.4, -0.2) is 6.21 Å². The summed E-state index contributed by atoms with van der Waals surface area (Å²) in [6.07, 6.45) is 7.95. The van der Waals surface area contributed by atoms with Crippen molar-refractivity contribution in [1.82, 2.24) is 0 Å². The van der Waals surface area contributed by atoms with Crippen LogP contribution in [0.5, 0.6) is 0 Å². The Hall–Kier alpha value is -0.840. The molecule has 0 saturated carbocycles. The molecule has 0 spiro atoms. The van der Waals surface area contributed by atoms with E-state index in [2.05, 4.69) is 11.9 Å². The molecule has 0 radical (unpaired) electrons. The SMILES string of the molecule is CCCCCC=NC#N. The second kappa shape index (κ2) is 7.16. The number of hydrogen-bond acceptors (Lipinski definition) is 2. The molecule has 0 amide bonds. The van der Waals surface area contributed by atoms with Gasteiger partial charge in [0.25, 0.3) is 0 Å². The third-order valence-corrected chi connectivity index (χ3v) is 1.09. The highest BCUT2D eigenvalue weighted by molar-refractivity contribution is 5.58. The Morgan fingerprint density at radius 2 is 2.33 bits per heavy atom. The number of nitrogens with zero attached hydrogens (tertiary/aromatic N) is 2. The molecule has 0 atom stereocenters. The summed E-state index contributed by atoms with van der Waals surface area (Å²) in [4.78, 5) is 3.42. The molecule has 0 unspecified atom stereocenters. The molecular weight excluding hydrogens is 112 g/mol. The fourth-order valence-electron chi connectivity index (χ4n) is 0.591. The largest absolute Gasteiger partial charge is 0.205 e. The van der Waals surface area contributed by atoms with Crippen LogP contribution in [0.4, 0.5) is 0 Å². The van der Waals surface area contributed by atoms with Crippen molar-refractivity contribution in [3.05, 3.63) is 0 Å². The third-order valence-electron chi connectivity index (χ3n) is 1.09. The highest BCUT2D eigenvalue weighted by Crippen LogP contribution is 1.95. The van der Waals surface area contributed by atoms with Crippen LogP contribution in [0, 0.1) is 11.5 Å². The lowest BCUT2D eigenvalue weighted by molar-refractivity contribution is 0.746. The zero-order chi connectivity index (χ0) is 6.95. The molecular formula is C7H12N2. The van der Waals surface area contributed by atoms with E-state index in [0.29, 0.717) is 0 Å². The number of hydrogen-bond donors (Lipinski definition) is 0. The molecule has 0 aliphatic rings. The van der Waals surface area contributed by atoms with Gasteiger partial charge < -0.3 is 0 Å². The normalized spacial score (nSPS) is 9.78. The summed E-state index contributed by atoms with van der Waals surface area (Å²) in [5.41, 5.74) is 0. The van der Waals surface area contributed by atoms with E-state index in [4.69, 9.17) is 5.26 Å². The first-order valence-electron chi connectivity index (χ1n) is 3.32. The monoisotopic (exact) mass is 124 g/mol. The predicted octanol–water partition coefficient (Wildman–Crippen LogP) is 2.12. The smallest absolute Gasteiger partial charge is 0.186 e. The van der Waals surface area contributed by atoms with Gasteiger partial charge in [-0.25, -0.2) is 0 Å². The first kappa shape index (κ1) is 8.16. The Kier molecular flexibility index (Phi) is 6.49. The van der Waals surface area contributed by atoms with Gasteiger partial charge in [0.05, 0.1) is 0 Å². The van der Waals surface area contributed by atoms with E-state index in [-0.39, 0.29) is 0 Å². The summed E-state index contributed by atoms with van der Waals surface area (Å²) >= 11 is 0. The summed E-state index contributed by atoms with van der Waals surface area (Å²) in [6, 6.07) is 0. The zero-order valence-corrected chi connectivity index (χ0v) is 5.80. The van der Waals surface area contributed by atoms with Gasteiger partial charge in [0.15, 0.2) is 0 Å². The van der Waals surface area contributed by atoms with Crippen molar-refractivity contribution in [2.75, 3.05) is 0 Å². The lowest BCUT2D eigenvalue weighted by Crippen LogP contribution is -1.75. The molecule has 0 rings (SSSR count). The van der Waals surface area contributed by atoms with Gasteiger partial charge in [-0.05, 0) is 12.8 Å². The van der Waals surface area contributed by atoms with Crippen molar-refractivity contribution < 1.29 is 0 Å². The van der Waals surface area contributed by atoms with Gasteiger partial charge in [-0.1, -0.05) is 19.8 Å². The molecule has 9 heavy (non-hydrogen) atoms. The summed E-state index contributed by atoms with van der Waals surface area (Å²) < 4.78 is 0. The Morgan fingerprint density at radius 1 is 1.56 bits per heavy atom. The summed E-state index contributed by atoms with van der Waals surface area (Å²) in [7, 11) is 0. The molecule has 2 nitrogen and oxygen atoms in total. The summed E-state index contributed by atoms with van der Waals surface area (Å²) in [6.45, 7) is 2.15. The molecule has 0 aromatic heterocycles. The minimum Gasteiger partial charge on any atom is -0.186 e. The van der Waals surface area contributed by atoms with Gasteiger partial charge in [0.1, 0.15) is 0 Å². The highest BCUT2D eigenvalue weighted by atomic mass is 14.7. The fraction of sp³-hybridized carbons (Fsp3) is 0.714. The van der Waals surface area contributed by atoms with E-state index in [1.807, 2.05) is 0 Å². The van der Waals surface area contributed by atoms with Crippen molar-refractivity contribution in [1.29, 1.82) is 5.26 Å². The van der Waals surface area contributed by atoms with Gasteiger partial charge in [-0.3, -0.25) is 0 Å². The van der Waals surface area contributed by atoms with Crippen LogP contribution in [0.3, 0.4) is 0 Å². The minimum atomic E-state index is 0.946. The second-order valence-corrected chi connectivity index (χ2v) is 1.91. The lowest BCUT2D eigenvalue weighted by Gasteiger charge is -1.87. The van der Waals surface area contributed by atoms with E-state index in [0.717, 1.165) is 12.8 Å². The molecule has 0 fully saturated rings. The molecule has 0 aliphatic heterocycles. The first-order valence-corrected chi connectivity index (χ1v) is 3.32. The van der Waals surface area contributed by atoms with Crippen LogP contribution in [0.25, 0.3) is 0 Å². The fourth-order valence-corrected chi connectivity index (χ4v) is 0.591. The van der Waals surface area contributed by atoms with Crippen molar-refractivity contribution in [2.24, 2.45) is 4.99 Å². The van der Waals surface area contributed by atoms with Gasteiger partial charge in [0, 0.05) is 6.21 Å². The van der Waals surface area contributed by atoms with Gasteiger partial charge in [0.2, 0.25) is 6.19 Å². The van der Waals surface area contributed by atoms with Gasteiger partial charge in [-0.2, -0.15) is 10.3 Å². The quantitative estimate of drug-likeness (QED) is 0.321. The maximum absolute atomic E-state index is 7.97. The topological polar surface area (TPSA) is 36.1 Å². The Morgan fingerprint density at radius 3 is 2.89 bits per heavy atom. The van der Waals surface area contributed by atoms with E-state index < -0.39 is 0 Å². The van der Waals surface area contributed by atoms with E-state index in [1.54, 1.807) is 12.4 Å². The van der Waals surface area contributed by atoms with Crippen LogP contribution in [0.15, 0.2) is 4.99 Å². The van der Waals surface area contributed by atoms with Crippen molar-refractivity contribution >= 4 is 6.21 Å². The maximum Gasteiger partial charge on any atom is 0.205 e. The average molecular weight is 124 g/mol. The van der Waals surface area contributed by atoms with Crippen molar-refractivity contribution in [3.8, 4) is 6.19 Å². The molecule has 0 aromatic carbocycles. The number of rotatable bonds is 4. The van der Waals surface area contributed by atoms with Crippen LogP contribution < -0.4 is 0 Å². The average Bonchev–Trinajstić information content (AvgIpc) is 1.89. The molecule has 2 heteroatoms. The zero-order valence-electron chi connectivity index (χ0n) is 5.80. The molecule has 0 saturated heterocycles. The van der Waals surface area contributed by atoms with Crippen molar-refractivity contribution in [3.63, 3.8) is 0 Å². The lowest BCUT2D eigenvalue weighted by atomic mass is 10.2. The number of nitriles is 1. The second-order valence-electron chi connectivity index (χ2n) is 1.91. The van der Waals surface area contributed by atoms with Crippen LogP contribution >= 0.6 is 0 Å². The third kappa shape index (κ3) is 7.16.